The lowest BCUT2D eigenvalue weighted by Gasteiger charge is -2.03. The van der Waals surface area contributed by atoms with Crippen LogP contribution in [-0.4, -0.2) is 15.9 Å². The fourth-order valence-electron chi connectivity index (χ4n) is 1.11. The lowest BCUT2D eigenvalue weighted by molar-refractivity contribution is -0.384. The predicted octanol–water partition coefficient (Wildman–Crippen LogP) is 3.24. The zero-order valence-corrected chi connectivity index (χ0v) is 10.3. The third-order valence-electron chi connectivity index (χ3n) is 1.83. The second-order valence-electron chi connectivity index (χ2n) is 3.00. The minimum atomic E-state index is -0.872. The number of carbonyl (C=O) groups excluding carboxylic acids is 2. The number of nitro groups is 1. The molecule has 0 amide bonds. The monoisotopic (exact) mass is 295 g/mol. The maximum Gasteiger partial charge on any atom is 0.288 e. The van der Waals surface area contributed by atoms with Gasteiger partial charge in [0, 0.05) is 11.6 Å². The van der Waals surface area contributed by atoms with E-state index < -0.39 is 28.1 Å². The first-order valence-electron chi connectivity index (χ1n) is 4.18. The van der Waals surface area contributed by atoms with Crippen molar-refractivity contribution in [2.75, 3.05) is 0 Å². The van der Waals surface area contributed by atoms with E-state index in [0.717, 1.165) is 12.1 Å². The third-order valence-corrected chi connectivity index (χ3v) is 2.58. The highest BCUT2D eigenvalue weighted by molar-refractivity contribution is 6.65. The van der Waals surface area contributed by atoms with E-state index in [1.54, 1.807) is 0 Å². The van der Waals surface area contributed by atoms with Crippen LogP contribution in [0.1, 0.15) is 16.8 Å². The molecule has 90 valence electrons. The number of ketones is 1. The molecule has 1 aromatic carbocycles. The van der Waals surface area contributed by atoms with Gasteiger partial charge >= 0.3 is 0 Å². The summed E-state index contributed by atoms with van der Waals surface area (Å²) in [5.41, 5.74) is -0.613. The highest BCUT2D eigenvalue weighted by atomic mass is 35.5. The Morgan fingerprint density at radius 2 is 1.82 bits per heavy atom. The Bertz CT molecular complexity index is 515. The first-order chi connectivity index (χ1) is 7.82. The van der Waals surface area contributed by atoms with E-state index in [2.05, 4.69) is 0 Å². The first kappa shape index (κ1) is 13.9. The molecule has 0 spiro atoms. The number of hydrogen-bond donors (Lipinski definition) is 0. The number of halogens is 3. The van der Waals surface area contributed by atoms with Crippen molar-refractivity contribution >= 4 is 51.5 Å². The molecule has 17 heavy (non-hydrogen) atoms. The van der Waals surface area contributed by atoms with Gasteiger partial charge in [0.25, 0.3) is 5.69 Å². The first-order valence-corrected chi connectivity index (χ1v) is 5.31. The highest BCUT2D eigenvalue weighted by Crippen LogP contribution is 2.31. The molecule has 1 aromatic rings. The zero-order chi connectivity index (χ0) is 13.2. The Labute approximate surface area is 110 Å². The van der Waals surface area contributed by atoms with Crippen molar-refractivity contribution in [1.29, 1.82) is 0 Å². The van der Waals surface area contributed by atoms with E-state index in [1.807, 2.05) is 0 Å². The Kier molecular flexibility index (Phi) is 4.45. The van der Waals surface area contributed by atoms with E-state index in [9.17, 15) is 19.7 Å². The number of nitro benzene ring substituents is 1. The maximum absolute atomic E-state index is 11.5. The van der Waals surface area contributed by atoms with E-state index >= 15 is 0 Å². The summed E-state index contributed by atoms with van der Waals surface area (Å²) >= 11 is 16.3. The van der Waals surface area contributed by atoms with Crippen molar-refractivity contribution in [1.82, 2.24) is 0 Å². The molecule has 0 unspecified atom stereocenters. The summed E-state index contributed by atoms with van der Waals surface area (Å²) < 4.78 is 0. The minimum Gasteiger partial charge on any atom is -0.294 e. The van der Waals surface area contributed by atoms with E-state index in [4.69, 9.17) is 34.8 Å². The van der Waals surface area contributed by atoms with Crippen LogP contribution in [0.2, 0.25) is 10.0 Å². The topological polar surface area (TPSA) is 77.3 Å². The van der Waals surface area contributed by atoms with Crippen LogP contribution in [0.25, 0.3) is 0 Å². The lowest BCUT2D eigenvalue weighted by atomic mass is 10.1. The van der Waals surface area contributed by atoms with Crippen LogP contribution >= 0.6 is 34.8 Å². The number of hydrogen-bond acceptors (Lipinski definition) is 4. The maximum atomic E-state index is 11.5. The SMILES string of the molecule is O=C(Cl)CC(=O)c1cc([N+](=O)[O-])c(Cl)cc1Cl. The molecule has 0 radical (unpaired) electrons. The molecule has 8 heteroatoms. The normalized spacial score (nSPS) is 10.1. The molecular weight excluding hydrogens is 292 g/mol. The number of rotatable bonds is 4. The minimum absolute atomic E-state index is 0.0662. The van der Waals surface area contributed by atoms with E-state index in [1.165, 1.54) is 0 Å². The molecule has 0 bridgehead atoms. The van der Waals surface area contributed by atoms with Gasteiger partial charge < -0.3 is 0 Å². The van der Waals surface area contributed by atoms with Crippen molar-refractivity contribution in [2.45, 2.75) is 6.42 Å². The van der Waals surface area contributed by atoms with Gasteiger partial charge in [-0.1, -0.05) is 23.2 Å². The van der Waals surface area contributed by atoms with Crippen LogP contribution < -0.4 is 0 Å². The average Bonchev–Trinajstić information content (AvgIpc) is 2.15. The molecule has 0 aliphatic rings. The van der Waals surface area contributed by atoms with Crippen molar-refractivity contribution in [3.8, 4) is 0 Å². The molecule has 0 aromatic heterocycles. The van der Waals surface area contributed by atoms with E-state index in [-0.39, 0.29) is 15.6 Å². The molecule has 5 nitrogen and oxygen atoms in total. The number of nitrogens with zero attached hydrogens (tertiary/aromatic N) is 1. The van der Waals surface area contributed by atoms with Gasteiger partial charge in [-0.15, -0.1) is 0 Å². The molecule has 0 saturated carbocycles. The van der Waals surface area contributed by atoms with Crippen LogP contribution in [0.15, 0.2) is 12.1 Å². The van der Waals surface area contributed by atoms with Crippen LogP contribution in [0.4, 0.5) is 5.69 Å². The fraction of sp³-hybridized carbons (Fsp3) is 0.111. The molecule has 0 saturated heterocycles. The van der Waals surface area contributed by atoms with Crippen LogP contribution in [0.3, 0.4) is 0 Å². The Balaban J connectivity index is 3.25. The van der Waals surface area contributed by atoms with Crippen LogP contribution in [0, 0.1) is 10.1 Å². The van der Waals surface area contributed by atoms with Crippen molar-refractivity contribution < 1.29 is 14.5 Å². The largest absolute Gasteiger partial charge is 0.294 e. The molecular formula is C9H4Cl3NO4. The summed E-state index contributed by atoms with van der Waals surface area (Å²) in [6, 6.07) is 2.00. The van der Waals surface area contributed by atoms with Crippen molar-refractivity contribution in [3.05, 3.63) is 37.9 Å². The molecule has 0 aliphatic carbocycles. The standard InChI is InChI=1S/C9H4Cl3NO4/c10-5-2-6(11)7(13(16)17)1-4(5)8(14)3-9(12)15/h1-2H,3H2. The van der Waals surface area contributed by atoms with Crippen LogP contribution in [0.5, 0.6) is 0 Å². The zero-order valence-electron chi connectivity index (χ0n) is 8.08. The van der Waals surface area contributed by atoms with Crippen LogP contribution in [-0.2, 0) is 4.79 Å². The van der Waals surface area contributed by atoms with Crippen molar-refractivity contribution in [2.24, 2.45) is 0 Å². The molecule has 0 aliphatic heterocycles. The van der Waals surface area contributed by atoms with Gasteiger partial charge in [0.15, 0.2) is 5.78 Å². The van der Waals surface area contributed by atoms with Gasteiger partial charge in [-0.3, -0.25) is 19.7 Å². The van der Waals surface area contributed by atoms with Gasteiger partial charge in [0.1, 0.15) is 5.02 Å². The van der Waals surface area contributed by atoms with E-state index in [0.29, 0.717) is 0 Å². The van der Waals surface area contributed by atoms with Gasteiger partial charge in [-0.05, 0) is 17.7 Å². The quantitative estimate of drug-likeness (QED) is 0.281. The Morgan fingerprint density at radius 3 is 2.29 bits per heavy atom. The van der Waals surface area contributed by atoms with Gasteiger partial charge in [0.05, 0.1) is 16.4 Å². The summed E-state index contributed by atoms with van der Waals surface area (Å²) in [7, 11) is 0. The second-order valence-corrected chi connectivity index (χ2v) is 4.23. The summed E-state index contributed by atoms with van der Waals surface area (Å²) in [4.78, 5) is 31.9. The molecule has 0 atom stereocenters. The lowest BCUT2D eigenvalue weighted by Crippen LogP contribution is -2.05. The predicted molar refractivity (Wildman–Crippen MR) is 62.9 cm³/mol. The fourth-order valence-corrected chi connectivity index (χ4v) is 1.79. The number of Topliss-reactive ketones (excluding diaryl/α,β-unsaturated/α-hetero) is 1. The van der Waals surface area contributed by atoms with Gasteiger partial charge in [-0.25, -0.2) is 0 Å². The second kappa shape index (κ2) is 5.44. The smallest absolute Gasteiger partial charge is 0.288 e. The summed E-state index contributed by atoms with van der Waals surface area (Å²) in [6.07, 6.45) is -0.583. The van der Waals surface area contributed by atoms with Crippen molar-refractivity contribution in [3.63, 3.8) is 0 Å². The third kappa shape index (κ3) is 3.39. The summed E-state index contributed by atoms with van der Waals surface area (Å²) in [5.74, 6) is -0.699. The average molecular weight is 296 g/mol. The Morgan fingerprint density at radius 1 is 1.24 bits per heavy atom. The Hall–Kier alpha value is -1.17. The molecule has 1 rings (SSSR count). The summed E-state index contributed by atoms with van der Waals surface area (Å²) in [6.45, 7) is 0. The molecule has 0 fully saturated rings. The van der Waals surface area contributed by atoms with Gasteiger partial charge in [0.2, 0.25) is 5.24 Å². The highest BCUT2D eigenvalue weighted by Gasteiger charge is 2.21. The number of carbonyl (C=O) groups is 2. The molecule has 0 N–H and O–H groups in total. The number of benzene rings is 1. The molecule has 0 heterocycles. The van der Waals surface area contributed by atoms with Gasteiger partial charge in [-0.2, -0.15) is 0 Å². The summed E-state index contributed by atoms with van der Waals surface area (Å²) in [5, 5.41) is 9.48.